The quantitative estimate of drug-likeness (QED) is 0.406. The van der Waals surface area contributed by atoms with Gasteiger partial charge in [0.25, 0.3) is 17.4 Å². The number of halogens is 4. The van der Waals surface area contributed by atoms with E-state index in [0.29, 0.717) is 22.9 Å². The molecule has 2 amide bonds. The van der Waals surface area contributed by atoms with Gasteiger partial charge in [0, 0.05) is 44.0 Å². The number of nitrogens with zero attached hydrogens (tertiary/aromatic N) is 2. The lowest BCUT2D eigenvalue weighted by atomic mass is 9.89. The first kappa shape index (κ1) is 31.0. The van der Waals surface area contributed by atoms with Gasteiger partial charge in [-0.15, -0.1) is 0 Å². The number of amides is 2. The molecule has 4 rings (SSSR count). The number of ether oxygens (including phenoxy) is 1. The third-order valence-corrected chi connectivity index (χ3v) is 8.78. The lowest BCUT2D eigenvalue weighted by Crippen LogP contribution is -2.55. The second-order valence-corrected chi connectivity index (χ2v) is 11.9. The fourth-order valence-electron chi connectivity index (χ4n) is 5.87. The van der Waals surface area contributed by atoms with E-state index in [0.717, 1.165) is 55.1 Å². The molecular formula is C30H37ClF3N3O4. The zero-order valence-electron chi connectivity index (χ0n) is 23.7. The summed E-state index contributed by atoms with van der Waals surface area (Å²) in [6.07, 6.45) is -1.87. The zero-order valence-corrected chi connectivity index (χ0v) is 24.5. The van der Waals surface area contributed by atoms with Gasteiger partial charge >= 0.3 is 6.18 Å². The molecule has 1 heterocycles. The van der Waals surface area contributed by atoms with Crippen LogP contribution < -0.4 is 15.0 Å². The molecule has 0 bridgehead atoms. The number of likely N-dealkylation sites (N-methyl/N-ethyl adjacent to an activating group) is 1. The van der Waals surface area contributed by atoms with Gasteiger partial charge in [0.2, 0.25) is 0 Å². The van der Waals surface area contributed by atoms with Crippen molar-refractivity contribution in [2.75, 3.05) is 38.7 Å². The van der Waals surface area contributed by atoms with E-state index < -0.39 is 23.2 Å². The van der Waals surface area contributed by atoms with Crippen LogP contribution in [-0.2, 0) is 10.4 Å². The van der Waals surface area contributed by atoms with Crippen molar-refractivity contribution in [3.8, 4) is 5.75 Å². The molecule has 1 aliphatic heterocycles. The van der Waals surface area contributed by atoms with Crippen LogP contribution in [0.15, 0.2) is 42.5 Å². The maximum absolute atomic E-state index is 14.1. The molecule has 41 heavy (non-hydrogen) atoms. The maximum atomic E-state index is 14.1. The molecule has 2 atom stereocenters. The van der Waals surface area contributed by atoms with Gasteiger partial charge in [-0.1, -0.05) is 23.7 Å². The standard InChI is InChI=1S/C30H37ClF3N3O4/c1-19(2)35-26(38)24-9-8-22(17-25(24)31)37-14-11-28(12-15-37)18-21(28)10-13-36(3)27(39)29(40,30(32,33)34)20-6-5-7-23(16-20)41-4/h5-9,16-17,19,21,40H,10-15,18H2,1-4H3,(H,35,38)/t21-,29?/m0/s1. The SMILES string of the molecule is COc1cccc(C(O)(C(=O)N(C)CC[C@H]2CC23CCN(c2ccc(C(=O)NC(C)C)c(Cl)c2)CC3)C(F)(F)F)c1. The predicted octanol–water partition coefficient (Wildman–Crippen LogP) is 5.39. The van der Waals surface area contributed by atoms with Crippen molar-refractivity contribution in [2.45, 2.75) is 57.3 Å². The lowest BCUT2D eigenvalue weighted by Gasteiger charge is -2.35. The van der Waals surface area contributed by atoms with E-state index in [1.54, 1.807) is 6.07 Å². The molecule has 7 nitrogen and oxygen atoms in total. The first-order valence-electron chi connectivity index (χ1n) is 13.8. The van der Waals surface area contributed by atoms with Gasteiger partial charge in [-0.05, 0) is 81.2 Å². The van der Waals surface area contributed by atoms with Crippen molar-refractivity contribution in [1.82, 2.24) is 10.2 Å². The summed E-state index contributed by atoms with van der Waals surface area (Å²) in [5.41, 5.74) is -2.77. The highest BCUT2D eigenvalue weighted by Gasteiger charge is 2.62. The summed E-state index contributed by atoms with van der Waals surface area (Å²) < 4.78 is 47.2. The van der Waals surface area contributed by atoms with Crippen molar-refractivity contribution in [2.24, 2.45) is 11.3 Å². The molecule has 1 unspecified atom stereocenters. The highest BCUT2D eigenvalue weighted by molar-refractivity contribution is 6.34. The Labute approximate surface area is 243 Å². The normalized spacial score (nSPS) is 19.6. The summed E-state index contributed by atoms with van der Waals surface area (Å²) in [4.78, 5) is 28.6. The maximum Gasteiger partial charge on any atom is 0.430 e. The average molecular weight is 596 g/mol. The molecule has 2 aromatic carbocycles. The number of carbonyl (C=O) groups is 2. The van der Waals surface area contributed by atoms with Crippen molar-refractivity contribution < 1.29 is 32.6 Å². The number of piperidine rings is 1. The summed E-state index contributed by atoms with van der Waals surface area (Å²) in [7, 11) is 2.60. The summed E-state index contributed by atoms with van der Waals surface area (Å²) in [6.45, 7) is 5.46. The van der Waals surface area contributed by atoms with Crippen LogP contribution in [0, 0.1) is 11.3 Å². The minimum atomic E-state index is -5.21. The molecule has 11 heteroatoms. The third kappa shape index (κ3) is 6.28. The number of nitrogens with one attached hydrogen (secondary N) is 1. The molecule has 0 radical (unpaired) electrons. The Bertz CT molecular complexity index is 1280. The smallest absolute Gasteiger partial charge is 0.430 e. The number of carbonyl (C=O) groups excluding carboxylic acids is 2. The van der Waals surface area contributed by atoms with Crippen molar-refractivity contribution in [1.29, 1.82) is 0 Å². The summed E-state index contributed by atoms with van der Waals surface area (Å²) in [6, 6.07) is 10.3. The number of aliphatic hydroxyl groups is 1. The Morgan fingerprint density at radius 1 is 1.20 bits per heavy atom. The molecule has 2 N–H and O–H groups in total. The first-order chi connectivity index (χ1) is 19.2. The minimum Gasteiger partial charge on any atom is -0.497 e. The Hall–Kier alpha value is -2.98. The van der Waals surface area contributed by atoms with Crippen molar-refractivity contribution in [3.63, 3.8) is 0 Å². The molecule has 1 saturated carbocycles. The monoisotopic (exact) mass is 595 g/mol. The average Bonchev–Trinajstić information content (AvgIpc) is 3.60. The molecule has 2 fully saturated rings. The second kappa shape index (κ2) is 11.7. The van der Waals surface area contributed by atoms with Crippen molar-refractivity contribution >= 4 is 29.1 Å². The molecule has 2 aromatic rings. The molecule has 1 saturated heterocycles. The van der Waals surface area contributed by atoms with Crippen LogP contribution in [0.4, 0.5) is 18.9 Å². The second-order valence-electron chi connectivity index (χ2n) is 11.5. The van der Waals surface area contributed by atoms with Crippen LogP contribution in [0.25, 0.3) is 0 Å². The van der Waals surface area contributed by atoms with E-state index in [2.05, 4.69) is 10.2 Å². The van der Waals surface area contributed by atoms with Crippen LogP contribution in [0.5, 0.6) is 5.75 Å². The first-order valence-corrected chi connectivity index (χ1v) is 14.1. The lowest BCUT2D eigenvalue weighted by molar-refractivity contribution is -0.261. The number of anilines is 1. The predicted molar refractivity (Wildman–Crippen MR) is 151 cm³/mol. The Morgan fingerprint density at radius 3 is 2.46 bits per heavy atom. The highest BCUT2D eigenvalue weighted by atomic mass is 35.5. The summed E-state index contributed by atoms with van der Waals surface area (Å²) >= 11 is 6.42. The van der Waals surface area contributed by atoms with Crippen LogP contribution in [0.3, 0.4) is 0 Å². The molecule has 1 aliphatic carbocycles. The van der Waals surface area contributed by atoms with Gasteiger partial charge in [-0.2, -0.15) is 13.2 Å². The summed E-state index contributed by atoms with van der Waals surface area (Å²) in [5, 5.41) is 14.0. The number of alkyl halides is 3. The van der Waals surface area contributed by atoms with Crippen molar-refractivity contribution in [3.05, 3.63) is 58.6 Å². The van der Waals surface area contributed by atoms with Gasteiger partial charge in [0.05, 0.1) is 17.7 Å². The molecule has 2 aliphatic rings. The summed E-state index contributed by atoms with van der Waals surface area (Å²) in [5.74, 6) is -1.22. The molecule has 1 spiro atoms. The van der Waals surface area contributed by atoms with Crippen LogP contribution in [0.2, 0.25) is 5.02 Å². The number of benzene rings is 2. The molecule has 224 valence electrons. The van der Waals surface area contributed by atoms with E-state index in [4.69, 9.17) is 16.3 Å². The topological polar surface area (TPSA) is 82.1 Å². The highest BCUT2D eigenvalue weighted by Crippen LogP contribution is 2.61. The number of rotatable bonds is 9. The third-order valence-electron chi connectivity index (χ3n) is 8.47. The van der Waals surface area contributed by atoms with E-state index in [1.165, 1.54) is 26.3 Å². The van der Waals surface area contributed by atoms with E-state index >= 15 is 0 Å². The Morgan fingerprint density at radius 2 is 1.88 bits per heavy atom. The van der Waals surface area contributed by atoms with Gasteiger partial charge in [-0.25, -0.2) is 0 Å². The van der Waals surface area contributed by atoms with Gasteiger partial charge in [0.1, 0.15) is 5.75 Å². The molecule has 0 aromatic heterocycles. The fraction of sp³-hybridized carbons (Fsp3) is 0.533. The minimum absolute atomic E-state index is 0.00436. The van der Waals surface area contributed by atoms with E-state index in [-0.39, 0.29) is 29.7 Å². The Kier molecular flexibility index (Phi) is 8.85. The number of hydrogen-bond donors (Lipinski definition) is 2. The number of methoxy groups -OCH3 is 1. The van der Waals surface area contributed by atoms with Gasteiger partial charge in [0.15, 0.2) is 0 Å². The zero-order chi connectivity index (χ0) is 30.2. The molecular weight excluding hydrogens is 559 g/mol. The largest absolute Gasteiger partial charge is 0.497 e. The van der Waals surface area contributed by atoms with Crippen LogP contribution >= 0.6 is 11.6 Å². The van der Waals surface area contributed by atoms with Crippen LogP contribution in [0.1, 0.15) is 55.5 Å². The van der Waals surface area contributed by atoms with E-state index in [9.17, 15) is 27.9 Å². The Balaban J connectivity index is 1.34. The van der Waals surface area contributed by atoms with E-state index in [1.807, 2.05) is 26.0 Å². The van der Waals surface area contributed by atoms with Gasteiger partial charge in [-0.3, -0.25) is 9.59 Å². The number of hydrogen-bond acceptors (Lipinski definition) is 5. The fourth-order valence-corrected chi connectivity index (χ4v) is 6.13. The van der Waals surface area contributed by atoms with Gasteiger partial charge < -0.3 is 25.0 Å². The van der Waals surface area contributed by atoms with Crippen LogP contribution in [-0.4, -0.2) is 67.8 Å².